The number of carbonyl (C=O) groups excluding carboxylic acids is 1. The van der Waals surface area contributed by atoms with Crippen LogP contribution in [0.5, 0.6) is 0 Å². The van der Waals surface area contributed by atoms with E-state index in [1.165, 1.54) is 0 Å². The number of guanidine groups is 1. The zero-order valence-electron chi connectivity index (χ0n) is 11.6. The van der Waals surface area contributed by atoms with E-state index in [-0.39, 0.29) is 12.4 Å². The molecule has 0 fully saturated rings. The lowest BCUT2D eigenvalue weighted by Crippen LogP contribution is -2.37. The Balaban J connectivity index is 4.05. The van der Waals surface area contributed by atoms with Crippen molar-refractivity contribution >= 4 is 11.9 Å². The molecule has 0 radical (unpaired) electrons. The maximum absolute atomic E-state index is 11.4. The molecule has 0 aromatic heterocycles. The molecular weight excluding hydrogens is 218 g/mol. The van der Waals surface area contributed by atoms with Crippen molar-refractivity contribution < 1.29 is 9.53 Å². The summed E-state index contributed by atoms with van der Waals surface area (Å²) in [4.78, 5) is 17.5. The van der Waals surface area contributed by atoms with Gasteiger partial charge in [0.25, 0.3) is 0 Å². The Labute approximate surface area is 104 Å². The topological polar surface area (TPSA) is 67.9 Å². The Morgan fingerprint density at radius 2 is 1.82 bits per heavy atom. The van der Waals surface area contributed by atoms with Gasteiger partial charge in [-0.15, -0.1) is 0 Å². The second-order valence-corrected chi connectivity index (χ2v) is 4.75. The highest BCUT2D eigenvalue weighted by Crippen LogP contribution is 2.08. The fraction of sp³-hybridized carbons (Fsp3) is 0.833. The number of rotatable bonds is 5. The highest BCUT2D eigenvalue weighted by molar-refractivity contribution is 5.78. The lowest BCUT2D eigenvalue weighted by atomic mass is 10.2. The second-order valence-electron chi connectivity index (χ2n) is 4.75. The molecule has 0 unspecified atom stereocenters. The molecule has 0 aromatic carbocycles. The van der Waals surface area contributed by atoms with Crippen molar-refractivity contribution in [3.05, 3.63) is 0 Å². The molecule has 0 saturated heterocycles. The van der Waals surface area contributed by atoms with Crippen molar-refractivity contribution in [2.75, 3.05) is 19.6 Å². The third-order valence-electron chi connectivity index (χ3n) is 2.10. The average molecular weight is 243 g/mol. The van der Waals surface area contributed by atoms with Gasteiger partial charge in [0.2, 0.25) is 0 Å². The van der Waals surface area contributed by atoms with Crippen LogP contribution < -0.4 is 5.73 Å². The SMILES string of the molecule is CCN(CC)C(N)=NCCC(=O)OC(C)(C)C. The van der Waals surface area contributed by atoms with Gasteiger partial charge in [0, 0.05) is 13.1 Å². The molecule has 2 N–H and O–H groups in total. The van der Waals surface area contributed by atoms with Gasteiger partial charge in [-0.1, -0.05) is 0 Å². The van der Waals surface area contributed by atoms with Gasteiger partial charge in [0.1, 0.15) is 5.60 Å². The van der Waals surface area contributed by atoms with Gasteiger partial charge in [-0.3, -0.25) is 9.79 Å². The van der Waals surface area contributed by atoms with Crippen LogP contribution >= 0.6 is 0 Å². The molecule has 0 heterocycles. The molecule has 17 heavy (non-hydrogen) atoms. The lowest BCUT2D eigenvalue weighted by Gasteiger charge is -2.20. The summed E-state index contributed by atoms with van der Waals surface area (Å²) in [5, 5.41) is 0. The van der Waals surface area contributed by atoms with E-state index in [4.69, 9.17) is 10.5 Å². The van der Waals surface area contributed by atoms with E-state index in [1.807, 2.05) is 39.5 Å². The average Bonchev–Trinajstić information content (AvgIpc) is 2.16. The van der Waals surface area contributed by atoms with Crippen molar-refractivity contribution in [3.8, 4) is 0 Å². The first-order valence-electron chi connectivity index (χ1n) is 6.06. The van der Waals surface area contributed by atoms with Gasteiger partial charge in [0.15, 0.2) is 5.96 Å². The number of esters is 1. The molecule has 0 aliphatic rings. The predicted molar refractivity (Wildman–Crippen MR) is 69.9 cm³/mol. The van der Waals surface area contributed by atoms with Crippen LogP contribution in [0.25, 0.3) is 0 Å². The van der Waals surface area contributed by atoms with Crippen LogP contribution in [-0.2, 0) is 9.53 Å². The maximum Gasteiger partial charge on any atom is 0.308 e. The zero-order chi connectivity index (χ0) is 13.5. The van der Waals surface area contributed by atoms with E-state index in [2.05, 4.69) is 4.99 Å². The predicted octanol–water partition coefficient (Wildman–Crippen LogP) is 1.37. The molecular formula is C12H25N3O2. The fourth-order valence-corrected chi connectivity index (χ4v) is 1.30. The minimum absolute atomic E-state index is 0.242. The summed E-state index contributed by atoms with van der Waals surface area (Å²) in [5.74, 6) is 0.243. The standard InChI is InChI=1S/C12H25N3O2/c1-6-15(7-2)11(13)14-9-8-10(16)17-12(3,4)5/h6-9H2,1-5H3,(H2,13,14). The van der Waals surface area contributed by atoms with Crippen LogP contribution in [0.15, 0.2) is 4.99 Å². The van der Waals surface area contributed by atoms with E-state index < -0.39 is 5.60 Å². The third kappa shape index (κ3) is 7.60. The molecule has 0 saturated carbocycles. The van der Waals surface area contributed by atoms with Gasteiger partial charge < -0.3 is 15.4 Å². The first-order valence-corrected chi connectivity index (χ1v) is 6.06. The van der Waals surface area contributed by atoms with Crippen molar-refractivity contribution in [2.45, 2.75) is 46.6 Å². The molecule has 0 bridgehead atoms. The Bertz CT molecular complexity index is 265. The van der Waals surface area contributed by atoms with Crippen LogP contribution in [0.1, 0.15) is 41.0 Å². The molecule has 0 amide bonds. The summed E-state index contributed by atoms with van der Waals surface area (Å²) in [5.41, 5.74) is 5.34. The number of nitrogens with two attached hydrogens (primary N) is 1. The summed E-state index contributed by atoms with van der Waals surface area (Å²) in [6, 6.07) is 0. The van der Waals surface area contributed by atoms with Crippen molar-refractivity contribution in [3.63, 3.8) is 0 Å². The summed E-state index contributed by atoms with van der Waals surface area (Å²) in [7, 11) is 0. The molecule has 0 rings (SSSR count). The van der Waals surface area contributed by atoms with Crippen LogP contribution in [0.2, 0.25) is 0 Å². The van der Waals surface area contributed by atoms with Crippen LogP contribution in [0.4, 0.5) is 0 Å². The normalized spacial score (nSPS) is 12.4. The van der Waals surface area contributed by atoms with Crippen LogP contribution in [0, 0.1) is 0 Å². The molecule has 5 nitrogen and oxygen atoms in total. The summed E-state index contributed by atoms with van der Waals surface area (Å²) < 4.78 is 5.17. The Hall–Kier alpha value is -1.26. The number of ether oxygens (including phenoxy) is 1. The van der Waals surface area contributed by atoms with Gasteiger partial charge in [0.05, 0.1) is 13.0 Å². The minimum atomic E-state index is -0.439. The van der Waals surface area contributed by atoms with E-state index in [0.717, 1.165) is 13.1 Å². The molecule has 100 valence electrons. The molecule has 0 aromatic rings. The first-order chi connectivity index (χ1) is 7.80. The molecule has 0 aliphatic carbocycles. The number of aliphatic imine (C=N–C) groups is 1. The fourth-order valence-electron chi connectivity index (χ4n) is 1.30. The minimum Gasteiger partial charge on any atom is -0.460 e. The Morgan fingerprint density at radius 3 is 2.24 bits per heavy atom. The number of hydrogen-bond acceptors (Lipinski definition) is 3. The molecule has 0 atom stereocenters. The molecule has 5 heteroatoms. The number of nitrogens with zero attached hydrogens (tertiary/aromatic N) is 2. The van der Waals surface area contributed by atoms with Crippen molar-refractivity contribution in [2.24, 2.45) is 10.7 Å². The molecule has 0 spiro atoms. The summed E-state index contributed by atoms with van der Waals surface area (Å²) >= 11 is 0. The van der Waals surface area contributed by atoms with E-state index in [0.29, 0.717) is 12.5 Å². The smallest absolute Gasteiger partial charge is 0.308 e. The summed E-state index contributed by atoms with van der Waals surface area (Å²) in [6.45, 7) is 11.6. The van der Waals surface area contributed by atoms with Crippen LogP contribution in [0.3, 0.4) is 0 Å². The quantitative estimate of drug-likeness (QED) is 0.450. The van der Waals surface area contributed by atoms with E-state index in [9.17, 15) is 4.79 Å². The highest BCUT2D eigenvalue weighted by atomic mass is 16.6. The van der Waals surface area contributed by atoms with Gasteiger partial charge in [-0.05, 0) is 34.6 Å². The first kappa shape index (κ1) is 15.7. The third-order valence-corrected chi connectivity index (χ3v) is 2.10. The maximum atomic E-state index is 11.4. The van der Waals surface area contributed by atoms with E-state index >= 15 is 0 Å². The van der Waals surface area contributed by atoms with Gasteiger partial charge in [-0.2, -0.15) is 0 Å². The molecule has 0 aliphatic heterocycles. The second kappa shape index (κ2) is 7.14. The van der Waals surface area contributed by atoms with Crippen molar-refractivity contribution in [1.82, 2.24) is 4.90 Å². The van der Waals surface area contributed by atoms with Gasteiger partial charge >= 0.3 is 5.97 Å². The Morgan fingerprint density at radius 1 is 1.29 bits per heavy atom. The van der Waals surface area contributed by atoms with Crippen LogP contribution in [-0.4, -0.2) is 42.1 Å². The lowest BCUT2D eigenvalue weighted by molar-refractivity contribution is -0.154. The van der Waals surface area contributed by atoms with E-state index in [1.54, 1.807) is 0 Å². The summed E-state index contributed by atoms with van der Waals surface area (Å²) in [6.07, 6.45) is 0.263. The number of carbonyl (C=O) groups is 1. The van der Waals surface area contributed by atoms with Crippen molar-refractivity contribution in [1.29, 1.82) is 0 Å². The van der Waals surface area contributed by atoms with Gasteiger partial charge in [-0.25, -0.2) is 0 Å². The zero-order valence-corrected chi connectivity index (χ0v) is 11.6. The highest BCUT2D eigenvalue weighted by Gasteiger charge is 2.15. The Kier molecular flexibility index (Phi) is 6.61. The monoisotopic (exact) mass is 243 g/mol. The number of hydrogen-bond donors (Lipinski definition) is 1. The largest absolute Gasteiger partial charge is 0.460 e.